The molecule has 5 nitrogen and oxygen atoms in total. The number of thioether (sulfide) groups is 1. The van der Waals surface area contributed by atoms with E-state index in [2.05, 4.69) is 27.2 Å². The van der Waals surface area contributed by atoms with Crippen molar-refractivity contribution in [1.82, 2.24) is 19.7 Å². The van der Waals surface area contributed by atoms with Gasteiger partial charge >= 0.3 is 0 Å². The Hall–Kier alpha value is -1.82. The van der Waals surface area contributed by atoms with Gasteiger partial charge in [0.15, 0.2) is 5.16 Å². The lowest BCUT2D eigenvalue weighted by molar-refractivity contribution is -0.135. The SMILES string of the molecule is Cn1c(Cc2ccccc2)nnc1SCC(=O)N(C1CCCCC1)C1CCCCC1. The molecule has 1 amide bonds. The number of benzene rings is 1. The maximum Gasteiger partial charge on any atom is 0.233 e. The first-order chi connectivity index (χ1) is 14.7. The highest BCUT2D eigenvalue weighted by Gasteiger charge is 2.32. The maximum atomic E-state index is 13.4. The highest BCUT2D eigenvalue weighted by Crippen LogP contribution is 2.31. The predicted molar refractivity (Wildman–Crippen MR) is 122 cm³/mol. The largest absolute Gasteiger partial charge is 0.336 e. The Labute approximate surface area is 184 Å². The smallest absolute Gasteiger partial charge is 0.233 e. The van der Waals surface area contributed by atoms with Gasteiger partial charge in [-0.05, 0) is 31.2 Å². The van der Waals surface area contributed by atoms with Crippen LogP contribution >= 0.6 is 11.8 Å². The second-order valence-electron chi connectivity index (χ2n) is 8.79. The lowest BCUT2D eigenvalue weighted by Crippen LogP contribution is -2.49. The fourth-order valence-corrected chi connectivity index (χ4v) is 5.83. The first kappa shape index (κ1) is 21.4. The Morgan fingerprint density at radius 2 is 1.57 bits per heavy atom. The molecule has 4 rings (SSSR count). The van der Waals surface area contributed by atoms with Gasteiger partial charge in [0.25, 0.3) is 0 Å². The zero-order valence-corrected chi connectivity index (χ0v) is 18.9. The molecule has 0 atom stereocenters. The van der Waals surface area contributed by atoms with Crippen molar-refractivity contribution in [2.75, 3.05) is 5.75 Å². The minimum Gasteiger partial charge on any atom is -0.336 e. The quantitative estimate of drug-likeness (QED) is 0.585. The summed E-state index contributed by atoms with van der Waals surface area (Å²) in [5.74, 6) is 1.70. The molecule has 1 aromatic carbocycles. The maximum absolute atomic E-state index is 13.4. The topological polar surface area (TPSA) is 51.0 Å². The molecule has 2 saturated carbocycles. The molecule has 6 heteroatoms. The number of hydrogen-bond acceptors (Lipinski definition) is 4. The molecule has 0 aliphatic heterocycles. The van der Waals surface area contributed by atoms with Gasteiger partial charge in [0.2, 0.25) is 5.91 Å². The third-order valence-corrected chi connectivity index (χ3v) is 7.68. The van der Waals surface area contributed by atoms with Gasteiger partial charge in [0.05, 0.1) is 5.75 Å². The van der Waals surface area contributed by atoms with Crippen LogP contribution in [0.2, 0.25) is 0 Å². The molecular weight excluding hydrogens is 392 g/mol. The Bertz CT molecular complexity index is 792. The van der Waals surface area contributed by atoms with Crippen LogP contribution in [-0.4, -0.2) is 43.4 Å². The van der Waals surface area contributed by atoms with E-state index in [0.29, 0.717) is 23.7 Å². The van der Waals surface area contributed by atoms with Gasteiger partial charge in [-0.2, -0.15) is 0 Å². The molecule has 1 aromatic heterocycles. The van der Waals surface area contributed by atoms with Crippen LogP contribution in [0.1, 0.15) is 75.6 Å². The van der Waals surface area contributed by atoms with Crippen LogP contribution in [0.4, 0.5) is 0 Å². The van der Waals surface area contributed by atoms with Gasteiger partial charge in [0, 0.05) is 25.6 Å². The fourth-order valence-electron chi connectivity index (χ4n) is 5.03. The Balaban J connectivity index is 1.40. The molecule has 30 heavy (non-hydrogen) atoms. The first-order valence-electron chi connectivity index (χ1n) is 11.6. The number of hydrogen-bond donors (Lipinski definition) is 0. The second-order valence-corrected chi connectivity index (χ2v) is 9.74. The number of carbonyl (C=O) groups is 1. The lowest BCUT2D eigenvalue weighted by Gasteiger charge is -2.41. The van der Waals surface area contributed by atoms with E-state index >= 15 is 0 Å². The van der Waals surface area contributed by atoms with Crippen molar-refractivity contribution < 1.29 is 4.79 Å². The highest BCUT2D eigenvalue weighted by atomic mass is 32.2. The van der Waals surface area contributed by atoms with Crippen LogP contribution in [0.15, 0.2) is 35.5 Å². The Morgan fingerprint density at radius 1 is 0.967 bits per heavy atom. The minimum absolute atomic E-state index is 0.298. The molecule has 0 N–H and O–H groups in total. The summed E-state index contributed by atoms with van der Waals surface area (Å²) in [7, 11) is 2.01. The third-order valence-electron chi connectivity index (χ3n) is 6.68. The molecule has 0 unspecified atom stereocenters. The van der Waals surface area contributed by atoms with E-state index in [1.165, 1.54) is 69.8 Å². The van der Waals surface area contributed by atoms with Gasteiger partial charge in [-0.3, -0.25) is 4.79 Å². The molecule has 162 valence electrons. The Morgan fingerprint density at radius 3 is 2.17 bits per heavy atom. The summed E-state index contributed by atoms with van der Waals surface area (Å²) >= 11 is 1.54. The number of carbonyl (C=O) groups excluding carboxylic acids is 1. The zero-order chi connectivity index (χ0) is 20.8. The van der Waals surface area contributed by atoms with E-state index in [4.69, 9.17) is 0 Å². The van der Waals surface area contributed by atoms with Crippen LogP contribution in [-0.2, 0) is 18.3 Å². The lowest BCUT2D eigenvalue weighted by atomic mass is 9.88. The molecule has 2 aromatic rings. The number of nitrogens with zero attached hydrogens (tertiary/aromatic N) is 4. The summed E-state index contributed by atoms with van der Waals surface area (Å²) < 4.78 is 2.04. The number of amides is 1. The van der Waals surface area contributed by atoms with Crippen molar-refractivity contribution in [3.8, 4) is 0 Å². The van der Waals surface area contributed by atoms with Crippen LogP contribution in [0.25, 0.3) is 0 Å². The molecule has 1 heterocycles. The number of rotatable bonds is 7. The van der Waals surface area contributed by atoms with Gasteiger partial charge in [-0.1, -0.05) is 80.6 Å². The van der Waals surface area contributed by atoms with Crippen LogP contribution in [0.5, 0.6) is 0 Å². The summed E-state index contributed by atoms with van der Waals surface area (Å²) in [6.45, 7) is 0. The summed E-state index contributed by atoms with van der Waals surface area (Å²) in [5.41, 5.74) is 1.22. The predicted octanol–water partition coefficient (Wildman–Crippen LogP) is 4.99. The van der Waals surface area contributed by atoms with Crippen molar-refractivity contribution in [2.24, 2.45) is 7.05 Å². The molecule has 2 aliphatic rings. The van der Waals surface area contributed by atoms with E-state index in [1.807, 2.05) is 29.8 Å². The normalized spacial score (nSPS) is 18.4. The van der Waals surface area contributed by atoms with Gasteiger partial charge in [-0.15, -0.1) is 10.2 Å². The molecular formula is C24H34N4OS. The zero-order valence-electron chi connectivity index (χ0n) is 18.1. The standard InChI is InChI=1S/C24H34N4OS/c1-27-22(17-19-11-5-2-6-12-19)25-26-24(27)30-18-23(29)28(20-13-7-3-8-14-20)21-15-9-4-10-16-21/h2,5-6,11-12,20-21H,3-4,7-10,13-18H2,1H3. The van der Waals surface area contributed by atoms with E-state index in [9.17, 15) is 4.79 Å². The van der Waals surface area contributed by atoms with Crippen molar-refractivity contribution in [2.45, 2.75) is 87.9 Å². The molecule has 0 radical (unpaired) electrons. The molecule has 2 fully saturated rings. The number of aromatic nitrogens is 3. The summed E-state index contributed by atoms with van der Waals surface area (Å²) in [6, 6.07) is 11.2. The summed E-state index contributed by atoms with van der Waals surface area (Å²) in [4.78, 5) is 15.7. The average molecular weight is 427 g/mol. The van der Waals surface area contributed by atoms with Crippen molar-refractivity contribution >= 4 is 17.7 Å². The first-order valence-corrected chi connectivity index (χ1v) is 12.6. The summed E-state index contributed by atoms with van der Waals surface area (Å²) in [5, 5.41) is 9.59. The molecule has 0 saturated heterocycles. The van der Waals surface area contributed by atoms with Crippen molar-refractivity contribution in [3.05, 3.63) is 41.7 Å². The van der Waals surface area contributed by atoms with Gasteiger partial charge in [-0.25, -0.2) is 0 Å². The molecule has 0 spiro atoms. The van der Waals surface area contributed by atoms with Crippen LogP contribution in [0, 0.1) is 0 Å². The Kier molecular flexibility index (Phi) is 7.47. The second kappa shape index (κ2) is 10.5. The van der Waals surface area contributed by atoms with Crippen LogP contribution in [0.3, 0.4) is 0 Å². The van der Waals surface area contributed by atoms with E-state index in [0.717, 1.165) is 17.4 Å². The van der Waals surface area contributed by atoms with E-state index in [1.54, 1.807) is 11.8 Å². The monoisotopic (exact) mass is 426 g/mol. The van der Waals surface area contributed by atoms with Crippen LogP contribution < -0.4 is 0 Å². The average Bonchev–Trinajstić information content (AvgIpc) is 3.14. The minimum atomic E-state index is 0.298. The molecule has 2 aliphatic carbocycles. The summed E-state index contributed by atoms with van der Waals surface area (Å²) in [6.07, 6.45) is 13.2. The van der Waals surface area contributed by atoms with Gasteiger partial charge in [0.1, 0.15) is 5.82 Å². The molecule has 0 bridgehead atoms. The van der Waals surface area contributed by atoms with Gasteiger partial charge < -0.3 is 9.47 Å². The highest BCUT2D eigenvalue weighted by molar-refractivity contribution is 7.99. The third kappa shape index (κ3) is 5.26. The van der Waals surface area contributed by atoms with E-state index < -0.39 is 0 Å². The van der Waals surface area contributed by atoms with E-state index in [-0.39, 0.29) is 0 Å². The fraction of sp³-hybridized carbons (Fsp3) is 0.625. The van der Waals surface area contributed by atoms with Crippen molar-refractivity contribution in [3.63, 3.8) is 0 Å². The van der Waals surface area contributed by atoms with Crippen molar-refractivity contribution in [1.29, 1.82) is 0 Å².